The Balaban J connectivity index is 1.69. The molecule has 0 unspecified atom stereocenters. The Labute approximate surface area is 150 Å². The molecule has 0 bridgehead atoms. The van der Waals surface area contributed by atoms with Gasteiger partial charge in [0.15, 0.2) is 6.61 Å². The first-order valence-electron chi connectivity index (χ1n) is 6.93. The third kappa shape index (κ3) is 3.86. The van der Waals surface area contributed by atoms with Crippen LogP contribution in [-0.2, 0) is 11.3 Å². The van der Waals surface area contributed by atoms with Crippen LogP contribution in [0.25, 0.3) is 11.4 Å². The Morgan fingerprint density at radius 3 is 2.96 bits per heavy atom. The van der Waals surface area contributed by atoms with Gasteiger partial charge in [0.05, 0.1) is 15.4 Å². The number of rotatable bonds is 6. The molecular weight excluding hydrogens is 366 g/mol. The first kappa shape index (κ1) is 17.1. The predicted molar refractivity (Wildman–Crippen MR) is 91.6 cm³/mol. The molecule has 0 spiro atoms. The predicted octanol–water partition coefficient (Wildman–Crippen LogP) is 3.79. The molecule has 0 radical (unpaired) electrons. The normalized spacial score (nSPS) is 10.6. The number of aromatic nitrogens is 2. The number of esters is 1. The topological polar surface area (TPSA) is 108 Å². The molecule has 25 heavy (non-hydrogen) atoms. The van der Waals surface area contributed by atoms with Crippen LogP contribution in [0.2, 0.25) is 0 Å². The first-order valence-corrected chi connectivity index (χ1v) is 9.10. The number of carbonyl (C=O) groups is 1. The summed E-state index contributed by atoms with van der Waals surface area (Å²) in [5, 5.41) is 18.6. The van der Waals surface area contributed by atoms with Crippen molar-refractivity contribution in [1.29, 1.82) is 0 Å². The lowest BCUT2D eigenvalue weighted by Gasteiger charge is -2.04. The summed E-state index contributed by atoms with van der Waals surface area (Å²) < 4.78 is 10.1. The van der Waals surface area contributed by atoms with Crippen LogP contribution in [0.3, 0.4) is 0 Å². The van der Waals surface area contributed by atoms with Crippen molar-refractivity contribution < 1.29 is 19.0 Å². The van der Waals surface area contributed by atoms with Crippen LogP contribution in [0.15, 0.2) is 44.4 Å². The van der Waals surface area contributed by atoms with Gasteiger partial charge in [0.2, 0.25) is 5.82 Å². The average Bonchev–Trinajstić information content (AvgIpc) is 3.30. The van der Waals surface area contributed by atoms with E-state index in [0.717, 1.165) is 5.56 Å². The van der Waals surface area contributed by atoms with Gasteiger partial charge in [-0.15, -0.1) is 11.8 Å². The average molecular weight is 377 g/mol. The van der Waals surface area contributed by atoms with Gasteiger partial charge in [-0.2, -0.15) is 16.3 Å². The minimum absolute atomic E-state index is 0.0853. The second-order valence-corrected chi connectivity index (χ2v) is 6.37. The van der Waals surface area contributed by atoms with Gasteiger partial charge >= 0.3 is 5.97 Å². The van der Waals surface area contributed by atoms with Crippen LogP contribution in [-0.4, -0.2) is 27.3 Å². The van der Waals surface area contributed by atoms with E-state index in [1.165, 1.54) is 41.3 Å². The molecule has 0 aliphatic carbocycles. The monoisotopic (exact) mass is 377 g/mol. The van der Waals surface area contributed by atoms with Crippen LogP contribution >= 0.6 is 23.1 Å². The fourth-order valence-electron chi connectivity index (χ4n) is 1.99. The van der Waals surface area contributed by atoms with Crippen molar-refractivity contribution in [3.63, 3.8) is 0 Å². The summed E-state index contributed by atoms with van der Waals surface area (Å²) in [5.74, 6) is -0.150. The maximum absolute atomic E-state index is 12.1. The summed E-state index contributed by atoms with van der Waals surface area (Å²) in [4.78, 5) is 27.2. The number of hydrogen-bond acceptors (Lipinski definition) is 9. The summed E-state index contributed by atoms with van der Waals surface area (Å²) >= 11 is 2.73. The van der Waals surface area contributed by atoms with E-state index in [9.17, 15) is 14.9 Å². The van der Waals surface area contributed by atoms with Gasteiger partial charge in [0, 0.05) is 17.0 Å². The number of hydrogen-bond donors (Lipinski definition) is 0. The molecule has 0 aliphatic heterocycles. The maximum atomic E-state index is 12.1. The minimum Gasteiger partial charge on any atom is -0.452 e. The van der Waals surface area contributed by atoms with Crippen molar-refractivity contribution >= 4 is 34.8 Å². The number of nitrogens with zero attached hydrogens (tertiary/aromatic N) is 3. The van der Waals surface area contributed by atoms with Crippen molar-refractivity contribution in [3.05, 3.63) is 56.6 Å². The molecule has 0 fully saturated rings. The Morgan fingerprint density at radius 2 is 2.28 bits per heavy atom. The van der Waals surface area contributed by atoms with E-state index in [1.54, 1.807) is 6.26 Å². The van der Waals surface area contributed by atoms with E-state index in [2.05, 4.69) is 10.1 Å². The second kappa shape index (κ2) is 7.45. The summed E-state index contributed by atoms with van der Waals surface area (Å²) in [6, 6.07) is 6.03. The Kier molecular flexibility index (Phi) is 5.10. The Morgan fingerprint density at radius 1 is 1.44 bits per heavy atom. The number of benzene rings is 1. The van der Waals surface area contributed by atoms with E-state index in [1.807, 2.05) is 16.8 Å². The molecule has 10 heteroatoms. The molecule has 3 aromatic rings. The van der Waals surface area contributed by atoms with Crippen LogP contribution in [0.4, 0.5) is 5.69 Å². The Bertz CT molecular complexity index is 908. The summed E-state index contributed by atoms with van der Waals surface area (Å²) in [6.45, 7) is -0.214. The fraction of sp³-hybridized carbons (Fsp3) is 0.133. The largest absolute Gasteiger partial charge is 0.452 e. The molecule has 0 aliphatic rings. The molecule has 0 amide bonds. The SMILES string of the molecule is CSc1ccc(C(=O)OCc2nc(-c3ccsc3)no2)cc1[N+](=O)[O-]. The highest BCUT2D eigenvalue weighted by Gasteiger charge is 2.19. The highest BCUT2D eigenvalue weighted by molar-refractivity contribution is 7.98. The van der Waals surface area contributed by atoms with Crippen molar-refractivity contribution in [3.8, 4) is 11.4 Å². The zero-order chi connectivity index (χ0) is 17.8. The third-order valence-electron chi connectivity index (χ3n) is 3.19. The van der Waals surface area contributed by atoms with Gasteiger partial charge in [-0.25, -0.2) is 4.79 Å². The summed E-state index contributed by atoms with van der Waals surface area (Å²) in [5.41, 5.74) is 0.760. The summed E-state index contributed by atoms with van der Waals surface area (Å²) in [7, 11) is 0. The van der Waals surface area contributed by atoms with Crippen LogP contribution < -0.4 is 0 Å². The van der Waals surface area contributed by atoms with Gasteiger partial charge in [-0.05, 0) is 29.8 Å². The molecule has 0 saturated carbocycles. The molecule has 1 aromatic carbocycles. The number of carbonyl (C=O) groups excluding carboxylic acids is 1. The van der Waals surface area contributed by atoms with Gasteiger partial charge in [-0.1, -0.05) is 5.16 Å². The number of nitro benzene ring substituents is 1. The quantitative estimate of drug-likeness (QED) is 0.276. The van der Waals surface area contributed by atoms with Gasteiger partial charge in [-0.3, -0.25) is 10.1 Å². The van der Waals surface area contributed by atoms with E-state index < -0.39 is 10.9 Å². The molecule has 0 saturated heterocycles. The van der Waals surface area contributed by atoms with E-state index in [-0.39, 0.29) is 23.7 Å². The molecular formula is C15H11N3O5S2. The standard InChI is InChI=1S/C15H11N3O5S2/c1-24-12-3-2-9(6-11(12)18(20)21)15(19)22-7-13-16-14(17-23-13)10-4-5-25-8-10/h2-6,8H,7H2,1H3. The molecule has 128 valence electrons. The van der Waals surface area contributed by atoms with E-state index >= 15 is 0 Å². The fourth-order valence-corrected chi connectivity index (χ4v) is 3.17. The molecule has 2 heterocycles. The lowest BCUT2D eigenvalue weighted by Crippen LogP contribution is -2.06. The Hall–Kier alpha value is -2.72. The van der Waals surface area contributed by atoms with Gasteiger partial charge in [0.1, 0.15) is 0 Å². The van der Waals surface area contributed by atoms with Crippen LogP contribution in [0.1, 0.15) is 16.2 Å². The number of ether oxygens (including phenoxy) is 1. The number of thioether (sulfide) groups is 1. The van der Waals surface area contributed by atoms with E-state index in [0.29, 0.717) is 10.7 Å². The highest BCUT2D eigenvalue weighted by atomic mass is 32.2. The van der Waals surface area contributed by atoms with Crippen molar-refractivity contribution in [1.82, 2.24) is 10.1 Å². The summed E-state index contributed by atoms with van der Waals surface area (Å²) in [6.07, 6.45) is 1.72. The van der Waals surface area contributed by atoms with Crippen molar-refractivity contribution in [2.75, 3.05) is 6.26 Å². The van der Waals surface area contributed by atoms with Gasteiger partial charge < -0.3 is 9.26 Å². The molecule has 2 aromatic heterocycles. The minimum atomic E-state index is -0.703. The van der Waals surface area contributed by atoms with E-state index in [4.69, 9.17) is 9.26 Å². The maximum Gasteiger partial charge on any atom is 0.338 e. The lowest BCUT2D eigenvalue weighted by molar-refractivity contribution is -0.387. The lowest BCUT2D eigenvalue weighted by atomic mass is 10.2. The first-order chi connectivity index (χ1) is 12.1. The second-order valence-electron chi connectivity index (χ2n) is 4.74. The van der Waals surface area contributed by atoms with Crippen molar-refractivity contribution in [2.24, 2.45) is 0 Å². The third-order valence-corrected chi connectivity index (χ3v) is 4.65. The molecule has 3 rings (SSSR count). The van der Waals surface area contributed by atoms with Crippen molar-refractivity contribution in [2.45, 2.75) is 11.5 Å². The molecule has 0 N–H and O–H groups in total. The molecule has 8 nitrogen and oxygen atoms in total. The zero-order valence-electron chi connectivity index (χ0n) is 12.9. The number of nitro groups is 1. The van der Waals surface area contributed by atoms with Gasteiger partial charge in [0.25, 0.3) is 11.6 Å². The molecule has 0 atom stereocenters. The highest BCUT2D eigenvalue weighted by Crippen LogP contribution is 2.28. The smallest absolute Gasteiger partial charge is 0.338 e. The van der Waals surface area contributed by atoms with Crippen LogP contribution in [0.5, 0.6) is 0 Å². The zero-order valence-corrected chi connectivity index (χ0v) is 14.5. The van der Waals surface area contributed by atoms with Crippen LogP contribution in [0, 0.1) is 10.1 Å². The number of thiophene rings is 1.